The highest BCUT2D eigenvalue weighted by molar-refractivity contribution is 7.91. The third-order valence-corrected chi connectivity index (χ3v) is 6.85. The van der Waals surface area contributed by atoms with Crippen LogP contribution in [0, 0.1) is 0 Å². The minimum absolute atomic E-state index is 0.0205. The summed E-state index contributed by atoms with van der Waals surface area (Å²) in [6.07, 6.45) is 3.42. The summed E-state index contributed by atoms with van der Waals surface area (Å²) in [5.41, 5.74) is 0.766. The van der Waals surface area contributed by atoms with E-state index in [0.717, 1.165) is 10.4 Å². The van der Waals surface area contributed by atoms with Crippen molar-refractivity contribution in [3.05, 3.63) is 40.3 Å². The lowest BCUT2D eigenvalue weighted by molar-refractivity contribution is -0.134. The summed E-state index contributed by atoms with van der Waals surface area (Å²) >= 11 is 1.54. The van der Waals surface area contributed by atoms with Crippen LogP contribution < -0.4 is 0 Å². The molecule has 2 aromatic rings. The first kappa shape index (κ1) is 16.2. The van der Waals surface area contributed by atoms with Gasteiger partial charge in [-0.05, 0) is 18.4 Å². The normalized spacial score (nSPS) is 22.0. The molecule has 0 aliphatic carbocycles. The SMILES string of the molecule is CC(C(=O)N1CCS(=O)(=O)CC1c1cnn(C)c1)c1cccs1. The number of aromatic nitrogens is 2. The van der Waals surface area contributed by atoms with Crippen molar-refractivity contribution in [2.75, 3.05) is 18.1 Å². The summed E-state index contributed by atoms with van der Waals surface area (Å²) in [6, 6.07) is 3.40. The first-order valence-electron chi connectivity index (χ1n) is 7.40. The van der Waals surface area contributed by atoms with Gasteiger partial charge in [0.2, 0.25) is 5.91 Å². The molecule has 2 aromatic heterocycles. The fourth-order valence-electron chi connectivity index (χ4n) is 2.87. The average molecular weight is 353 g/mol. The molecule has 3 heterocycles. The number of aryl methyl sites for hydroxylation is 1. The number of carbonyl (C=O) groups is 1. The van der Waals surface area contributed by atoms with Gasteiger partial charge in [-0.25, -0.2) is 8.42 Å². The maximum Gasteiger partial charge on any atom is 0.231 e. The van der Waals surface area contributed by atoms with Crippen LogP contribution in [0.4, 0.5) is 0 Å². The number of hydrogen-bond acceptors (Lipinski definition) is 5. The van der Waals surface area contributed by atoms with E-state index in [-0.39, 0.29) is 29.9 Å². The highest BCUT2D eigenvalue weighted by Gasteiger charge is 2.37. The van der Waals surface area contributed by atoms with E-state index in [2.05, 4.69) is 5.10 Å². The van der Waals surface area contributed by atoms with Crippen molar-refractivity contribution in [3.63, 3.8) is 0 Å². The molecule has 0 aromatic carbocycles. The zero-order valence-corrected chi connectivity index (χ0v) is 14.7. The van der Waals surface area contributed by atoms with Gasteiger partial charge in [-0.1, -0.05) is 6.07 Å². The molecule has 6 nitrogen and oxygen atoms in total. The first-order valence-corrected chi connectivity index (χ1v) is 10.1. The van der Waals surface area contributed by atoms with Crippen molar-refractivity contribution >= 4 is 27.1 Å². The molecule has 1 aliphatic heterocycles. The fraction of sp³-hybridized carbons (Fsp3) is 0.467. The van der Waals surface area contributed by atoms with Gasteiger partial charge >= 0.3 is 0 Å². The Morgan fingerprint density at radius 2 is 2.26 bits per heavy atom. The Labute approximate surface area is 139 Å². The van der Waals surface area contributed by atoms with Crippen LogP contribution in [0.2, 0.25) is 0 Å². The van der Waals surface area contributed by atoms with Crippen LogP contribution in [-0.4, -0.2) is 47.1 Å². The van der Waals surface area contributed by atoms with E-state index < -0.39 is 15.9 Å². The number of nitrogens with zero attached hydrogens (tertiary/aromatic N) is 3. The molecular formula is C15H19N3O3S2. The number of hydrogen-bond donors (Lipinski definition) is 0. The van der Waals surface area contributed by atoms with Crippen LogP contribution in [0.25, 0.3) is 0 Å². The third-order valence-electron chi connectivity index (χ3n) is 4.16. The highest BCUT2D eigenvalue weighted by atomic mass is 32.2. The second-order valence-corrected chi connectivity index (χ2v) is 9.05. The Kier molecular flexibility index (Phi) is 4.29. The molecule has 23 heavy (non-hydrogen) atoms. The van der Waals surface area contributed by atoms with Gasteiger partial charge in [-0.3, -0.25) is 9.48 Å². The average Bonchev–Trinajstić information content (AvgIpc) is 3.16. The molecule has 2 unspecified atom stereocenters. The van der Waals surface area contributed by atoms with Crippen molar-refractivity contribution in [3.8, 4) is 0 Å². The van der Waals surface area contributed by atoms with Gasteiger partial charge in [0.1, 0.15) is 0 Å². The smallest absolute Gasteiger partial charge is 0.231 e. The van der Waals surface area contributed by atoms with Crippen molar-refractivity contribution in [1.29, 1.82) is 0 Å². The Morgan fingerprint density at radius 3 is 2.87 bits per heavy atom. The number of sulfone groups is 1. The van der Waals surface area contributed by atoms with Gasteiger partial charge in [-0.15, -0.1) is 11.3 Å². The van der Waals surface area contributed by atoms with Gasteiger partial charge < -0.3 is 4.90 Å². The fourth-order valence-corrected chi connectivity index (χ4v) is 5.14. The van der Waals surface area contributed by atoms with E-state index in [9.17, 15) is 13.2 Å². The molecule has 0 spiro atoms. The zero-order chi connectivity index (χ0) is 16.6. The van der Waals surface area contributed by atoms with E-state index in [1.807, 2.05) is 24.4 Å². The number of carbonyl (C=O) groups excluding carboxylic acids is 1. The van der Waals surface area contributed by atoms with Gasteiger partial charge in [-0.2, -0.15) is 5.10 Å². The lowest BCUT2D eigenvalue weighted by Gasteiger charge is -2.36. The Hall–Kier alpha value is -1.67. The molecule has 1 amide bonds. The molecule has 3 rings (SSSR count). The quantitative estimate of drug-likeness (QED) is 0.840. The third kappa shape index (κ3) is 3.32. The van der Waals surface area contributed by atoms with Gasteiger partial charge in [0.05, 0.1) is 29.7 Å². The molecule has 124 valence electrons. The zero-order valence-electron chi connectivity index (χ0n) is 13.0. The maximum atomic E-state index is 12.9. The second-order valence-electron chi connectivity index (χ2n) is 5.85. The monoisotopic (exact) mass is 353 g/mol. The van der Waals surface area contributed by atoms with Crippen molar-refractivity contribution in [2.45, 2.75) is 18.9 Å². The highest BCUT2D eigenvalue weighted by Crippen LogP contribution is 2.31. The molecule has 0 N–H and O–H groups in total. The minimum atomic E-state index is -3.15. The molecule has 8 heteroatoms. The van der Waals surface area contributed by atoms with Gasteiger partial charge in [0.15, 0.2) is 9.84 Å². The van der Waals surface area contributed by atoms with Crippen LogP contribution in [-0.2, 0) is 21.7 Å². The van der Waals surface area contributed by atoms with Crippen molar-refractivity contribution in [1.82, 2.24) is 14.7 Å². The van der Waals surface area contributed by atoms with E-state index in [0.29, 0.717) is 0 Å². The maximum absolute atomic E-state index is 12.9. The molecule has 0 bridgehead atoms. The van der Waals surface area contributed by atoms with Crippen molar-refractivity contribution in [2.24, 2.45) is 7.05 Å². The predicted octanol–water partition coefficient (Wildman–Crippen LogP) is 1.58. The summed E-state index contributed by atoms with van der Waals surface area (Å²) in [5.74, 6) is -0.319. The molecular weight excluding hydrogens is 334 g/mol. The van der Waals surface area contributed by atoms with E-state index in [4.69, 9.17) is 0 Å². The summed E-state index contributed by atoms with van der Waals surface area (Å²) in [4.78, 5) is 15.6. The lowest BCUT2D eigenvalue weighted by Crippen LogP contribution is -2.47. The van der Waals surface area contributed by atoms with E-state index in [1.165, 1.54) is 0 Å². The van der Waals surface area contributed by atoms with Crippen LogP contribution >= 0.6 is 11.3 Å². The number of thiophene rings is 1. The standard InChI is InChI=1S/C15H19N3O3S2/c1-11(14-4-3-6-22-14)15(19)18-5-7-23(20,21)10-13(18)12-8-16-17(2)9-12/h3-4,6,8-9,11,13H,5,7,10H2,1-2H3. The van der Waals surface area contributed by atoms with E-state index >= 15 is 0 Å². The lowest BCUT2D eigenvalue weighted by atomic mass is 10.1. The summed E-state index contributed by atoms with van der Waals surface area (Å²) in [5, 5.41) is 6.06. The molecule has 1 aliphatic rings. The van der Waals surface area contributed by atoms with Crippen LogP contribution in [0.1, 0.15) is 29.3 Å². The number of amides is 1. The molecule has 0 saturated carbocycles. The van der Waals surface area contributed by atoms with Crippen molar-refractivity contribution < 1.29 is 13.2 Å². The molecule has 2 atom stereocenters. The first-order chi connectivity index (χ1) is 10.9. The molecule has 1 fully saturated rings. The van der Waals surface area contributed by atoms with E-state index in [1.54, 1.807) is 40.4 Å². The van der Waals surface area contributed by atoms with Crippen LogP contribution in [0.3, 0.4) is 0 Å². The largest absolute Gasteiger partial charge is 0.333 e. The topological polar surface area (TPSA) is 72.3 Å². The predicted molar refractivity (Wildman–Crippen MR) is 89.0 cm³/mol. The van der Waals surface area contributed by atoms with Gasteiger partial charge in [0.25, 0.3) is 0 Å². The molecule has 1 saturated heterocycles. The molecule has 0 radical (unpaired) electrons. The second kappa shape index (κ2) is 6.09. The Balaban J connectivity index is 1.90. The number of rotatable bonds is 3. The van der Waals surface area contributed by atoms with Crippen LogP contribution in [0.5, 0.6) is 0 Å². The summed E-state index contributed by atoms with van der Waals surface area (Å²) in [7, 11) is -1.37. The Morgan fingerprint density at radius 1 is 1.48 bits per heavy atom. The van der Waals surface area contributed by atoms with Gasteiger partial charge in [0, 0.05) is 30.2 Å². The Bertz CT molecular complexity index is 796. The summed E-state index contributed by atoms with van der Waals surface area (Å²) in [6.45, 7) is 2.11. The summed E-state index contributed by atoms with van der Waals surface area (Å²) < 4.78 is 25.7. The minimum Gasteiger partial charge on any atom is -0.333 e. The van der Waals surface area contributed by atoms with Crippen LogP contribution in [0.15, 0.2) is 29.9 Å².